The number of rotatable bonds is 5. The standard InChI is InChI=1S/C10H8BrCl2F3OS/c11-2-1-3-17-9-7(12)4-6(5-8(9)13)18-10(14,15)16/h4-5H,1-3H2. The third-order valence-corrected chi connectivity index (χ3v) is 3.55. The van der Waals surface area contributed by atoms with Crippen molar-refractivity contribution in [3.05, 3.63) is 22.2 Å². The summed E-state index contributed by atoms with van der Waals surface area (Å²) < 4.78 is 41.9. The van der Waals surface area contributed by atoms with E-state index in [4.69, 9.17) is 27.9 Å². The Bertz CT molecular complexity index is 392. The average Bonchev–Trinajstić information content (AvgIpc) is 2.19. The van der Waals surface area contributed by atoms with Gasteiger partial charge in [-0.1, -0.05) is 39.1 Å². The summed E-state index contributed by atoms with van der Waals surface area (Å²) in [6.45, 7) is 0.385. The molecule has 0 aliphatic rings. The van der Waals surface area contributed by atoms with Crippen LogP contribution in [-0.4, -0.2) is 17.4 Å². The molecule has 0 aromatic heterocycles. The van der Waals surface area contributed by atoms with Gasteiger partial charge >= 0.3 is 5.51 Å². The van der Waals surface area contributed by atoms with Crippen molar-refractivity contribution in [2.24, 2.45) is 0 Å². The SMILES string of the molecule is FC(F)(F)Sc1cc(Cl)c(OCCCBr)c(Cl)c1. The van der Waals surface area contributed by atoms with E-state index in [1.165, 1.54) is 12.1 Å². The molecular weight excluding hydrogens is 376 g/mol. The van der Waals surface area contributed by atoms with E-state index in [0.29, 0.717) is 6.61 Å². The Morgan fingerprint density at radius 2 is 1.78 bits per heavy atom. The summed E-state index contributed by atoms with van der Waals surface area (Å²) in [5.41, 5.74) is -4.37. The summed E-state index contributed by atoms with van der Waals surface area (Å²) in [6, 6.07) is 2.38. The van der Waals surface area contributed by atoms with E-state index in [0.717, 1.165) is 11.8 Å². The zero-order chi connectivity index (χ0) is 13.8. The van der Waals surface area contributed by atoms with Crippen molar-refractivity contribution < 1.29 is 17.9 Å². The molecule has 0 unspecified atom stereocenters. The summed E-state index contributed by atoms with van der Waals surface area (Å²) in [4.78, 5) is -0.0645. The van der Waals surface area contributed by atoms with Gasteiger partial charge in [-0.3, -0.25) is 0 Å². The van der Waals surface area contributed by atoms with Crippen molar-refractivity contribution in [2.45, 2.75) is 16.8 Å². The molecule has 1 aromatic rings. The van der Waals surface area contributed by atoms with Crippen molar-refractivity contribution in [3.8, 4) is 5.75 Å². The molecule has 102 valence electrons. The van der Waals surface area contributed by atoms with E-state index in [9.17, 15) is 13.2 Å². The van der Waals surface area contributed by atoms with Crippen LogP contribution in [-0.2, 0) is 0 Å². The molecule has 0 aliphatic heterocycles. The fourth-order valence-corrected chi connectivity index (χ4v) is 2.67. The van der Waals surface area contributed by atoms with Crippen LogP contribution in [0.25, 0.3) is 0 Å². The van der Waals surface area contributed by atoms with E-state index < -0.39 is 5.51 Å². The van der Waals surface area contributed by atoms with Crippen molar-refractivity contribution >= 4 is 50.9 Å². The Morgan fingerprint density at radius 3 is 2.22 bits per heavy atom. The first kappa shape index (κ1) is 16.3. The maximum absolute atomic E-state index is 12.2. The maximum atomic E-state index is 12.2. The molecular formula is C10H8BrCl2F3OS. The molecule has 0 saturated heterocycles. The second kappa shape index (κ2) is 7.12. The van der Waals surface area contributed by atoms with Crippen LogP contribution in [0.5, 0.6) is 5.75 Å². The molecule has 0 atom stereocenters. The normalized spacial score (nSPS) is 11.7. The molecule has 0 N–H and O–H groups in total. The quantitative estimate of drug-likeness (QED) is 0.362. The lowest BCUT2D eigenvalue weighted by atomic mass is 10.3. The molecule has 0 bridgehead atoms. The fraction of sp³-hybridized carbons (Fsp3) is 0.400. The van der Waals surface area contributed by atoms with Crippen LogP contribution in [0.15, 0.2) is 17.0 Å². The monoisotopic (exact) mass is 382 g/mol. The number of ether oxygens (including phenoxy) is 1. The lowest BCUT2D eigenvalue weighted by Crippen LogP contribution is -2.01. The molecule has 18 heavy (non-hydrogen) atoms. The van der Waals surface area contributed by atoms with Crippen LogP contribution in [0.2, 0.25) is 10.0 Å². The van der Waals surface area contributed by atoms with Gasteiger partial charge in [0, 0.05) is 10.2 Å². The van der Waals surface area contributed by atoms with Crippen molar-refractivity contribution in [2.75, 3.05) is 11.9 Å². The summed E-state index contributed by atoms with van der Waals surface area (Å²) in [5.74, 6) is 0.214. The smallest absolute Gasteiger partial charge is 0.446 e. The molecule has 0 aliphatic carbocycles. The van der Waals surface area contributed by atoms with Crippen molar-refractivity contribution in [3.63, 3.8) is 0 Å². The predicted octanol–water partition coefficient (Wildman–Crippen LogP) is 5.77. The molecule has 0 heterocycles. The van der Waals surface area contributed by atoms with Crippen LogP contribution in [0.3, 0.4) is 0 Å². The number of halogens is 6. The van der Waals surface area contributed by atoms with Crippen molar-refractivity contribution in [1.29, 1.82) is 0 Å². The number of benzene rings is 1. The van der Waals surface area contributed by atoms with Gasteiger partial charge in [-0.05, 0) is 30.3 Å². The van der Waals surface area contributed by atoms with Crippen LogP contribution in [0, 0.1) is 0 Å². The minimum Gasteiger partial charge on any atom is -0.490 e. The highest BCUT2D eigenvalue weighted by molar-refractivity contribution is 9.09. The van der Waals surface area contributed by atoms with E-state index in [-0.39, 0.29) is 32.5 Å². The molecule has 1 nitrogen and oxygen atoms in total. The third kappa shape index (κ3) is 5.47. The number of hydrogen-bond acceptors (Lipinski definition) is 2. The Kier molecular flexibility index (Phi) is 6.44. The zero-order valence-corrected chi connectivity index (χ0v) is 12.8. The minimum atomic E-state index is -4.37. The Morgan fingerprint density at radius 1 is 1.22 bits per heavy atom. The van der Waals surface area contributed by atoms with Crippen LogP contribution in [0.1, 0.15) is 6.42 Å². The summed E-state index contributed by atoms with van der Waals surface area (Å²) in [7, 11) is 0. The lowest BCUT2D eigenvalue weighted by Gasteiger charge is -2.12. The molecule has 0 saturated carbocycles. The van der Waals surface area contributed by atoms with Gasteiger partial charge in [-0.2, -0.15) is 13.2 Å². The zero-order valence-electron chi connectivity index (χ0n) is 8.86. The summed E-state index contributed by atoms with van der Waals surface area (Å²) in [6.07, 6.45) is 0.742. The first-order valence-corrected chi connectivity index (χ1v) is 7.46. The van der Waals surface area contributed by atoms with Crippen LogP contribution < -0.4 is 4.74 Å². The molecule has 0 fully saturated rings. The van der Waals surface area contributed by atoms with E-state index in [1.807, 2.05) is 0 Å². The third-order valence-electron chi connectivity index (χ3n) is 1.73. The largest absolute Gasteiger partial charge is 0.490 e. The Balaban J connectivity index is 2.84. The minimum absolute atomic E-state index is 0.0645. The van der Waals surface area contributed by atoms with E-state index in [2.05, 4.69) is 15.9 Å². The van der Waals surface area contributed by atoms with Gasteiger partial charge in [-0.25, -0.2) is 0 Å². The maximum Gasteiger partial charge on any atom is 0.446 e. The molecule has 8 heteroatoms. The molecule has 0 spiro atoms. The predicted molar refractivity (Wildman–Crippen MR) is 72.3 cm³/mol. The molecule has 1 aromatic carbocycles. The summed E-state index contributed by atoms with van der Waals surface area (Å²) >= 11 is 14.6. The molecule has 0 amide bonds. The Labute approximate surface area is 125 Å². The van der Waals surface area contributed by atoms with E-state index >= 15 is 0 Å². The lowest BCUT2D eigenvalue weighted by molar-refractivity contribution is -0.0328. The van der Waals surface area contributed by atoms with Gasteiger partial charge in [0.2, 0.25) is 0 Å². The highest BCUT2D eigenvalue weighted by Gasteiger charge is 2.30. The van der Waals surface area contributed by atoms with Crippen LogP contribution in [0.4, 0.5) is 13.2 Å². The van der Waals surface area contributed by atoms with Gasteiger partial charge in [0.15, 0.2) is 5.75 Å². The fourth-order valence-electron chi connectivity index (χ4n) is 1.10. The van der Waals surface area contributed by atoms with Gasteiger partial charge in [0.05, 0.1) is 16.7 Å². The highest BCUT2D eigenvalue weighted by Crippen LogP contribution is 2.42. The highest BCUT2D eigenvalue weighted by atomic mass is 79.9. The topological polar surface area (TPSA) is 9.23 Å². The second-order valence-electron chi connectivity index (χ2n) is 3.15. The van der Waals surface area contributed by atoms with Gasteiger partial charge in [-0.15, -0.1) is 0 Å². The number of thioether (sulfide) groups is 1. The van der Waals surface area contributed by atoms with Crippen LogP contribution >= 0.6 is 50.9 Å². The average molecular weight is 384 g/mol. The first-order valence-electron chi connectivity index (χ1n) is 4.77. The molecule has 0 radical (unpaired) electrons. The van der Waals surface area contributed by atoms with E-state index in [1.54, 1.807) is 0 Å². The summed E-state index contributed by atoms with van der Waals surface area (Å²) in [5, 5.41) is 0.900. The van der Waals surface area contributed by atoms with Gasteiger partial charge in [0.25, 0.3) is 0 Å². The first-order chi connectivity index (χ1) is 8.33. The van der Waals surface area contributed by atoms with Gasteiger partial charge < -0.3 is 4.74 Å². The number of alkyl halides is 4. The number of hydrogen-bond donors (Lipinski definition) is 0. The molecule has 1 rings (SSSR count). The van der Waals surface area contributed by atoms with Gasteiger partial charge in [0.1, 0.15) is 0 Å². The van der Waals surface area contributed by atoms with Crippen molar-refractivity contribution in [1.82, 2.24) is 0 Å². The second-order valence-corrected chi connectivity index (χ2v) is 5.90. The Hall–Kier alpha value is 0.220.